The fraction of sp³-hybridized carbons (Fsp3) is 0.185. The molecule has 1 heterocycles. The maximum Gasteiger partial charge on any atom is 0.300 e. The molecule has 0 radical (unpaired) electrons. The van der Waals surface area contributed by atoms with E-state index in [4.69, 9.17) is 4.74 Å². The van der Waals surface area contributed by atoms with Crippen LogP contribution in [0, 0.1) is 20.8 Å². The Kier molecular flexibility index (Phi) is 5.68. The van der Waals surface area contributed by atoms with Crippen LogP contribution in [0.4, 0.5) is 5.69 Å². The van der Waals surface area contributed by atoms with Crippen molar-refractivity contribution >= 4 is 23.1 Å². The van der Waals surface area contributed by atoms with Gasteiger partial charge in [-0.15, -0.1) is 0 Å². The number of amides is 1. The molecule has 0 aliphatic carbocycles. The second-order valence-electron chi connectivity index (χ2n) is 8.23. The lowest BCUT2D eigenvalue weighted by molar-refractivity contribution is -0.132. The molecule has 1 aliphatic heterocycles. The largest absolute Gasteiger partial charge is 0.507 e. The molecule has 0 bridgehead atoms. The number of ketones is 1. The van der Waals surface area contributed by atoms with Crippen molar-refractivity contribution in [2.24, 2.45) is 0 Å². The van der Waals surface area contributed by atoms with E-state index in [1.165, 1.54) is 18.1 Å². The highest BCUT2D eigenvalue weighted by atomic mass is 16.5. The Hall–Kier alpha value is -4.06. The summed E-state index contributed by atoms with van der Waals surface area (Å²) in [5.41, 5.74) is 3.59. The summed E-state index contributed by atoms with van der Waals surface area (Å²) in [5, 5.41) is 22.0. The van der Waals surface area contributed by atoms with Crippen molar-refractivity contribution in [2.75, 3.05) is 12.0 Å². The van der Waals surface area contributed by atoms with Crippen molar-refractivity contribution in [1.29, 1.82) is 0 Å². The Morgan fingerprint density at radius 2 is 1.64 bits per heavy atom. The first kappa shape index (κ1) is 22.1. The molecular formula is C27H25NO5. The number of hydrogen-bond donors (Lipinski definition) is 2. The highest BCUT2D eigenvalue weighted by molar-refractivity contribution is 6.52. The molecule has 1 aliphatic rings. The summed E-state index contributed by atoms with van der Waals surface area (Å²) in [7, 11) is 1.49. The van der Waals surface area contributed by atoms with Crippen LogP contribution in [0.5, 0.6) is 11.5 Å². The molecule has 168 valence electrons. The van der Waals surface area contributed by atoms with Crippen molar-refractivity contribution in [3.8, 4) is 11.5 Å². The first-order valence-corrected chi connectivity index (χ1v) is 10.6. The van der Waals surface area contributed by atoms with Crippen LogP contribution in [0.3, 0.4) is 0 Å². The minimum atomic E-state index is -0.926. The van der Waals surface area contributed by atoms with Gasteiger partial charge in [0, 0.05) is 0 Å². The first-order valence-electron chi connectivity index (χ1n) is 10.6. The Morgan fingerprint density at radius 1 is 0.939 bits per heavy atom. The fourth-order valence-electron chi connectivity index (χ4n) is 4.40. The molecule has 1 amide bonds. The van der Waals surface area contributed by atoms with Gasteiger partial charge in [-0.25, -0.2) is 0 Å². The number of nitrogens with zero attached hydrogens (tertiary/aromatic N) is 1. The summed E-state index contributed by atoms with van der Waals surface area (Å²) in [6.07, 6.45) is 0. The number of aliphatic hydroxyl groups excluding tert-OH is 1. The molecule has 6 heteroatoms. The molecule has 3 aromatic rings. The number of aliphatic hydroxyl groups is 1. The van der Waals surface area contributed by atoms with E-state index in [2.05, 4.69) is 0 Å². The van der Waals surface area contributed by atoms with Gasteiger partial charge in [0.05, 0.1) is 30.0 Å². The summed E-state index contributed by atoms with van der Waals surface area (Å²) < 4.78 is 5.52. The summed E-state index contributed by atoms with van der Waals surface area (Å²) in [5.74, 6) is -1.68. The molecule has 2 N–H and O–H groups in total. The van der Waals surface area contributed by atoms with Crippen LogP contribution >= 0.6 is 0 Å². The van der Waals surface area contributed by atoms with Gasteiger partial charge in [0.25, 0.3) is 11.7 Å². The average Bonchev–Trinajstić information content (AvgIpc) is 3.05. The van der Waals surface area contributed by atoms with E-state index in [0.29, 0.717) is 16.9 Å². The van der Waals surface area contributed by atoms with Gasteiger partial charge < -0.3 is 14.9 Å². The number of benzene rings is 3. The zero-order valence-corrected chi connectivity index (χ0v) is 18.9. The molecule has 0 aromatic heterocycles. The Morgan fingerprint density at radius 3 is 2.30 bits per heavy atom. The molecule has 1 fully saturated rings. The van der Waals surface area contributed by atoms with Gasteiger partial charge >= 0.3 is 0 Å². The lowest BCUT2D eigenvalue weighted by Gasteiger charge is -2.26. The van der Waals surface area contributed by atoms with E-state index in [9.17, 15) is 19.8 Å². The van der Waals surface area contributed by atoms with Gasteiger partial charge in [0.2, 0.25) is 0 Å². The number of anilines is 1. The number of aromatic hydroxyl groups is 1. The number of Topliss-reactive ketones (excluding diaryl/α,β-unsaturated/α-hetero) is 1. The molecule has 1 saturated heterocycles. The van der Waals surface area contributed by atoms with E-state index in [1.807, 2.05) is 32.9 Å². The van der Waals surface area contributed by atoms with Gasteiger partial charge in [-0.1, -0.05) is 42.5 Å². The summed E-state index contributed by atoms with van der Waals surface area (Å²) >= 11 is 0. The SMILES string of the molecule is COc1c(C)cc(C)cc1/C(O)=C1\C(=O)C(=O)N(c2cc(C)ccc2O)C1c1ccccc1. The summed E-state index contributed by atoms with van der Waals surface area (Å²) in [6, 6.07) is 16.5. The van der Waals surface area contributed by atoms with Gasteiger partial charge in [-0.3, -0.25) is 14.5 Å². The zero-order chi connectivity index (χ0) is 23.9. The molecule has 1 unspecified atom stereocenters. The van der Waals surface area contributed by atoms with Crippen molar-refractivity contribution < 1.29 is 24.5 Å². The van der Waals surface area contributed by atoms with Crippen molar-refractivity contribution in [3.63, 3.8) is 0 Å². The maximum atomic E-state index is 13.3. The molecule has 33 heavy (non-hydrogen) atoms. The molecule has 0 spiro atoms. The van der Waals surface area contributed by atoms with Gasteiger partial charge in [0.1, 0.15) is 17.3 Å². The normalized spacial score (nSPS) is 17.5. The second-order valence-corrected chi connectivity index (χ2v) is 8.23. The number of phenols is 1. The van der Waals surface area contributed by atoms with Crippen molar-refractivity contribution in [3.05, 3.63) is 94.1 Å². The van der Waals surface area contributed by atoms with Gasteiger partial charge in [-0.05, 0) is 61.2 Å². The Labute approximate surface area is 192 Å². The van der Waals surface area contributed by atoms with Crippen LogP contribution in [0.1, 0.15) is 33.9 Å². The van der Waals surface area contributed by atoms with E-state index in [-0.39, 0.29) is 22.8 Å². The van der Waals surface area contributed by atoms with Gasteiger partial charge in [-0.2, -0.15) is 0 Å². The smallest absolute Gasteiger partial charge is 0.300 e. The van der Waals surface area contributed by atoms with Crippen molar-refractivity contribution in [2.45, 2.75) is 26.8 Å². The Balaban J connectivity index is 2.03. The van der Waals surface area contributed by atoms with E-state index >= 15 is 0 Å². The lowest BCUT2D eigenvalue weighted by atomic mass is 9.93. The molecule has 6 nitrogen and oxygen atoms in total. The van der Waals surface area contributed by atoms with E-state index < -0.39 is 17.7 Å². The van der Waals surface area contributed by atoms with Gasteiger partial charge in [0.15, 0.2) is 0 Å². The molecule has 0 saturated carbocycles. The number of hydrogen-bond acceptors (Lipinski definition) is 5. The van der Waals surface area contributed by atoms with Crippen LogP contribution in [0.25, 0.3) is 5.76 Å². The number of methoxy groups -OCH3 is 1. The molecule has 3 aromatic carbocycles. The minimum Gasteiger partial charge on any atom is -0.507 e. The van der Waals surface area contributed by atoms with Crippen molar-refractivity contribution in [1.82, 2.24) is 0 Å². The van der Waals surface area contributed by atoms with Crippen LogP contribution in [0.15, 0.2) is 66.2 Å². The summed E-state index contributed by atoms with van der Waals surface area (Å²) in [4.78, 5) is 27.8. The number of rotatable bonds is 4. The van der Waals surface area contributed by atoms with E-state index in [0.717, 1.165) is 16.7 Å². The fourth-order valence-corrected chi connectivity index (χ4v) is 4.40. The topological polar surface area (TPSA) is 87.1 Å². The predicted molar refractivity (Wildman–Crippen MR) is 127 cm³/mol. The lowest BCUT2D eigenvalue weighted by Crippen LogP contribution is -2.29. The summed E-state index contributed by atoms with van der Waals surface area (Å²) in [6.45, 7) is 5.55. The predicted octanol–water partition coefficient (Wildman–Crippen LogP) is 4.95. The third-order valence-electron chi connectivity index (χ3n) is 5.83. The third-order valence-corrected chi connectivity index (χ3v) is 5.83. The number of carbonyl (C=O) groups is 2. The monoisotopic (exact) mass is 443 g/mol. The first-order chi connectivity index (χ1) is 15.7. The Bertz CT molecular complexity index is 1290. The van der Waals surface area contributed by atoms with Crippen LogP contribution in [-0.2, 0) is 9.59 Å². The molecule has 4 rings (SSSR count). The standard InChI is InChI=1S/C27H25NO5/c1-15-10-11-21(29)20(14-15)28-23(18-8-6-5-7-9-18)22(25(31)27(28)32)24(30)19-13-16(2)12-17(3)26(19)33-4/h5-14,23,29-30H,1-4H3/b24-22+. The van der Waals surface area contributed by atoms with E-state index in [1.54, 1.807) is 42.5 Å². The maximum absolute atomic E-state index is 13.3. The number of ether oxygens (including phenoxy) is 1. The third kappa shape index (κ3) is 3.74. The minimum absolute atomic E-state index is 0.0598. The van der Waals surface area contributed by atoms with Crippen LogP contribution < -0.4 is 9.64 Å². The highest BCUT2D eigenvalue weighted by Crippen LogP contribution is 2.46. The molecule has 1 atom stereocenters. The quantitative estimate of drug-likeness (QED) is 0.338. The number of phenolic OH excluding ortho intramolecular Hbond substituents is 1. The zero-order valence-electron chi connectivity index (χ0n) is 18.9. The van der Waals surface area contributed by atoms with Crippen LogP contribution in [0.2, 0.25) is 0 Å². The number of aryl methyl sites for hydroxylation is 3. The van der Waals surface area contributed by atoms with Crippen LogP contribution in [-0.4, -0.2) is 29.0 Å². The molecular weight excluding hydrogens is 418 g/mol. The highest BCUT2D eigenvalue weighted by Gasteiger charge is 2.48. The second kappa shape index (κ2) is 8.47. The number of carbonyl (C=O) groups excluding carboxylic acids is 2. The average molecular weight is 443 g/mol.